The summed E-state index contributed by atoms with van der Waals surface area (Å²) >= 11 is 0. The topological polar surface area (TPSA) is 36.9 Å². The van der Waals surface area contributed by atoms with E-state index >= 15 is 0 Å². The summed E-state index contributed by atoms with van der Waals surface area (Å²) < 4.78 is 37.9. The van der Waals surface area contributed by atoms with Crippen molar-refractivity contribution in [2.45, 2.75) is 6.18 Å². The van der Waals surface area contributed by atoms with Crippen molar-refractivity contribution < 1.29 is 23.6 Å². The van der Waals surface area contributed by atoms with Crippen molar-refractivity contribution in [2.24, 2.45) is 0 Å². The Balaban J connectivity index is 3.07. The van der Waals surface area contributed by atoms with E-state index in [-0.39, 0.29) is 6.61 Å². The van der Waals surface area contributed by atoms with Crippen LogP contribution in [0.4, 0.5) is 13.2 Å². The van der Waals surface area contributed by atoms with Gasteiger partial charge < -0.3 is 10.5 Å². The predicted octanol–water partition coefficient (Wildman–Crippen LogP) is -0.193. The molecule has 0 aromatic rings. The van der Waals surface area contributed by atoms with Crippen molar-refractivity contribution in [1.29, 1.82) is 0 Å². The summed E-state index contributed by atoms with van der Waals surface area (Å²) in [5, 5.41) is 0. The Morgan fingerprint density at radius 3 is 2.22 bits per heavy atom. The lowest BCUT2D eigenvalue weighted by molar-refractivity contribution is -0.376. The molecule has 0 atom stereocenters. The highest BCUT2D eigenvalue weighted by atomic mass is 19.4. The second kappa shape index (κ2) is 3.68. The summed E-state index contributed by atoms with van der Waals surface area (Å²) in [6, 6.07) is 0. The molecule has 0 saturated heterocycles. The zero-order valence-corrected chi connectivity index (χ0v) is 4.87. The number of quaternary nitrogens is 1. The van der Waals surface area contributed by atoms with Gasteiger partial charge in [-0.05, 0) is 0 Å². The molecule has 0 spiro atoms. The predicted molar refractivity (Wildman–Crippen MR) is 24.6 cm³/mol. The summed E-state index contributed by atoms with van der Waals surface area (Å²) in [7, 11) is 0. The highest BCUT2D eigenvalue weighted by Gasteiger charge is 2.27. The van der Waals surface area contributed by atoms with Gasteiger partial charge in [-0.2, -0.15) is 13.2 Å². The molecule has 0 saturated carbocycles. The number of hydrogen-bond donors (Lipinski definition) is 1. The van der Waals surface area contributed by atoms with Crippen LogP contribution in [0.5, 0.6) is 0 Å². The minimum absolute atomic E-state index is 0.0690. The molecule has 56 valence electrons. The molecule has 0 radical (unpaired) electrons. The Labute approximate surface area is 50.8 Å². The Bertz CT molecular complexity index is 72.7. The lowest BCUT2D eigenvalue weighted by Gasteiger charge is -2.04. The van der Waals surface area contributed by atoms with Crippen LogP contribution in [0.1, 0.15) is 0 Å². The van der Waals surface area contributed by atoms with Gasteiger partial charge in [0.15, 0.2) is 0 Å². The molecule has 5 heteroatoms. The first-order valence-corrected chi connectivity index (χ1v) is 2.50. The zero-order chi connectivity index (χ0) is 7.33. The second-order valence-electron chi connectivity index (χ2n) is 1.52. The van der Waals surface area contributed by atoms with Crippen molar-refractivity contribution in [3.05, 3.63) is 0 Å². The molecular formula is C4H9F3NO+. The molecule has 0 aromatic carbocycles. The fraction of sp³-hybridized carbons (Fsp3) is 1.00. The third-order valence-electron chi connectivity index (χ3n) is 0.554. The number of hydrogen-bond acceptors (Lipinski definition) is 1. The van der Waals surface area contributed by atoms with Crippen LogP contribution < -0.4 is 5.73 Å². The number of ether oxygens (including phenoxy) is 1. The fourth-order valence-electron chi connectivity index (χ4n) is 0.290. The van der Waals surface area contributed by atoms with E-state index in [0.29, 0.717) is 6.54 Å². The van der Waals surface area contributed by atoms with Gasteiger partial charge >= 0.3 is 6.18 Å². The van der Waals surface area contributed by atoms with Gasteiger partial charge in [0.25, 0.3) is 0 Å². The van der Waals surface area contributed by atoms with Crippen LogP contribution in [0.25, 0.3) is 0 Å². The SMILES string of the molecule is [NH3+]CCOCC(F)(F)F. The van der Waals surface area contributed by atoms with E-state index in [9.17, 15) is 13.2 Å². The number of alkyl halides is 3. The summed E-state index contributed by atoms with van der Waals surface area (Å²) in [5.41, 5.74) is 3.31. The average molecular weight is 144 g/mol. The Morgan fingerprint density at radius 2 is 1.89 bits per heavy atom. The smallest absolute Gasteiger partial charge is 0.366 e. The second-order valence-corrected chi connectivity index (χ2v) is 1.52. The summed E-state index contributed by atoms with van der Waals surface area (Å²) in [6.07, 6.45) is -4.20. The molecule has 0 aliphatic rings. The van der Waals surface area contributed by atoms with Crippen LogP contribution in [0.2, 0.25) is 0 Å². The summed E-state index contributed by atoms with van der Waals surface area (Å²) in [4.78, 5) is 0. The van der Waals surface area contributed by atoms with E-state index < -0.39 is 12.8 Å². The lowest BCUT2D eigenvalue weighted by atomic mass is 10.7. The van der Waals surface area contributed by atoms with Crippen molar-refractivity contribution >= 4 is 0 Å². The van der Waals surface area contributed by atoms with Crippen LogP contribution in [-0.2, 0) is 4.74 Å². The first kappa shape index (κ1) is 8.71. The third-order valence-corrected chi connectivity index (χ3v) is 0.554. The van der Waals surface area contributed by atoms with Crippen LogP contribution >= 0.6 is 0 Å². The fourth-order valence-corrected chi connectivity index (χ4v) is 0.290. The Hall–Kier alpha value is -0.290. The first-order chi connectivity index (χ1) is 4.06. The number of halogens is 3. The molecule has 0 bridgehead atoms. The summed E-state index contributed by atoms with van der Waals surface area (Å²) in [5.74, 6) is 0. The van der Waals surface area contributed by atoms with Crippen molar-refractivity contribution in [3.63, 3.8) is 0 Å². The van der Waals surface area contributed by atoms with Crippen LogP contribution in [0.3, 0.4) is 0 Å². The minimum atomic E-state index is -4.20. The van der Waals surface area contributed by atoms with Crippen LogP contribution in [0.15, 0.2) is 0 Å². The average Bonchev–Trinajstić information content (AvgIpc) is 1.63. The summed E-state index contributed by atoms with van der Waals surface area (Å²) in [6.45, 7) is -0.724. The molecule has 2 nitrogen and oxygen atoms in total. The van der Waals surface area contributed by atoms with E-state index in [2.05, 4.69) is 10.5 Å². The Morgan fingerprint density at radius 1 is 1.33 bits per heavy atom. The van der Waals surface area contributed by atoms with E-state index in [1.54, 1.807) is 0 Å². The molecule has 0 aliphatic carbocycles. The van der Waals surface area contributed by atoms with E-state index in [0.717, 1.165) is 0 Å². The normalized spacial score (nSPS) is 12.0. The van der Waals surface area contributed by atoms with Crippen molar-refractivity contribution in [1.82, 2.24) is 0 Å². The molecule has 0 unspecified atom stereocenters. The standard InChI is InChI=1S/C4H8F3NO/c5-4(6,7)3-9-2-1-8/h1-3,8H2/p+1. The van der Waals surface area contributed by atoms with Gasteiger partial charge in [-0.1, -0.05) is 0 Å². The highest BCUT2D eigenvalue weighted by molar-refractivity contribution is 4.44. The third kappa shape index (κ3) is 7.71. The van der Waals surface area contributed by atoms with Gasteiger partial charge in [-0.25, -0.2) is 0 Å². The molecule has 0 rings (SSSR count). The van der Waals surface area contributed by atoms with Gasteiger partial charge in [0.2, 0.25) is 0 Å². The molecule has 3 N–H and O–H groups in total. The van der Waals surface area contributed by atoms with E-state index in [1.165, 1.54) is 0 Å². The first-order valence-electron chi connectivity index (χ1n) is 2.50. The van der Waals surface area contributed by atoms with Gasteiger partial charge in [0, 0.05) is 0 Å². The molecule has 0 amide bonds. The largest absolute Gasteiger partial charge is 0.411 e. The van der Waals surface area contributed by atoms with Gasteiger partial charge in [0.05, 0.1) is 13.2 Å². The van der Waals surface area contributed by atoms with Gasteiger partial charge in [0.1, 0.15) is 6.61 Å². The quantitative estimate of drug-likeness (QED) is 0.547. The van der Waals surface area contributed by atoms with Crippen molar-refractivity contribution in [2.75, 3.05) is 19.8 Å². The van der Waals surface area contributed by atoms with Gasteiger partial charge in [-0.3, -0.25) is 0 Å². The molecular weight excluding hydrogens is 135 g/mol. The molecule has 9 heavy (non-hydrogen) atoms. The maximum atomic E-state index is 11.2. The maximum absolute atomic E-state index is 11.2. The van der Waals surface area contributed by atoms with E-state index in [1.807, 2.05) is 0 Å². The number of rotatable bonds is 3. The molecule has 0 heterocycles. The van der Waals surface area contributed by atoms with E-state index in [4.69, 9.17) is 0 Å². The minimum Gasteiger partial charge on any atom is -0.366 e. The monoisotopic (exact) mass is 144 g/mol. The van der Waals surface area contributed by atoms with Gasteiger partial charge in [-0.15, -0.1) is 0 Å². The molecule has 0 aliphatic heterocycles. The van der Waals surface area contributed by atoms with Crippen LogP contribution in [0, 0.1) is 0 Å². The highest BCUT2D eigenvalue weighted by Crippen LogP contribution is 2.13. The van der Waals surface area contributed by atoms with Crippen LogP contribution in [-0.4, -0.2) is 25.9 Å². The maximum Gasteiger partial charge on any atom is 0.411 e. The molecule has 0 aromatic heterocycles. The molecule has 0 fully saturated rings. The Kier molecular flexibility index (Phi) is 3.56. The van der Waals surface area contributed by atoms with Crippen molar-refractivity contribution in [3.8, 4) is 0 Å². The lowest BCUT2D eigenvalue weighted by Crippen LogP contribution is -2.52. The zero-order valence-electron chi connectivity index (χ0n) is 4.87.